The first-order valence-electron chi connectivity index (χ1n) is 5.59. The number of amides is 2. The number of nitrogens with zero attached hydrogens (tertiary/aromatic N) is 1. The van der Waals surface area contributed by atoms with E-state index in [9.17, 15) is 9.59 Å². The summed E-state index contributed by atoms with van der Waals surface area (Å²) in [6, 6.07) is 9.03. The molecule has 3 aromatic rings. The summed E-state index contributed by atoms with van der Waals surface area (Å²) in [4.78, 5) is 29.7. The number of H-pyrrole nitrogens is 1. The molecule has 0 unspecified atom stereocenters. The first kappa shape index (κ1) is 11.2. The van der Waals surface area contributed by atoms with Gasteiger partial charge in [0.1, 0.15) is 5.69 Å². The van der Waals surface area contributed by atoms with Crippen LogP contribution in [0.25, 0.3) is 21.8 Å². The van der Waals surface area contributed by atoms with Crippen molar-refractivity contribution in [3.63, 3.8) is 0 Å². The zero-order chi connectivity index (χ0) is 13.6. The average Bonchev–Trinajstić information content (AvgIpc) is 2.75. The Hall–Kier alpha value is -2.89. The molecule has 0 aliphatic rings. The van der Waals surface area contributed by atoms with Gasteiger partial charge in [-0.3, -0.25) is 9.59 Å². The summed E-state index contributed by atoms with van der Waals surface area (Å²) < 4.78 is 0. The number of fused-ring (bicyclic) bond motifs is 3. The Labute approximate surface area is 107 Å². The lowest BCUT2D eigenvalue weighted by Gasteiger charge is -2.01. The number of para-hydroxylation sites is 1. The van der Waals surface area contributed by atoms with E-state index >= 15 is 0 Å². The molecule has 3 rings (SSSR count). The molecule has 6 nitrogen and oxygen atoms in total. The van der Waals surface area contributed by atoms with E-state index in [1.54, 1.807) is 6.07 Å². The minimum atomic E-state index is -0.709. The second-order valence-electron chi connectivity index (χ2n) is 4.18. The molecule has 0 fully saturated rings. The molecule has 19 heavy (non-hydrogen) atoms. The smallest absolute Gasteiger partial charge is 0.269 e. The Bertz CT molecular complexity index is 835. The largest absolute Gasteiger partial charge is 0.364 e. The quantitative estimate of drug-likeness (QED) is 0.631. The third kappa shape index (κ3) is 1.61. The van der Waals surface area contributed by atoms with Crippen molar-refractivity contribution in [2.45, 2.75) is 0 Å². The van der Waals surface area contributed by atoms with E-state index in [1.165, 1.54) is 0 Å². The van der Waals surface area contributed by atoms with Crippen LogP contribution in [-0.2, 0) is 0 Å². The van der Waals surface area contributed by atoms with Gasteiger partial charge in [0.15, 0.2) is 5.69 Å². The number of aromatic nitrogens is 2. The standard InChI is InChI=1S/C13H10N4O2/c14-12(18)9-5-7-6-3-1-2-4-8(6)16-10(7)11(17-9)13(15)19/h1-5,16H,(H2,14,18)(H2,15,19). The highest BCUT2D eigenvalue weighted by atomic mass is 16.1. The van der Waals surface area contributed by atoms with Gasteiger partial charge < -0.3 is 16.5 Å². The number of primary amides is 2. The molecular weight excluding hydrogens is 244 g/mol. The highest BCUT2D eigenvalue weighted by molar-refractivity contribution is 6.15. The molecule has 0 saturated heterocycles. The van der Waals surface area contributed by atoms with Gasteiger partial charge in [0.05, 0.1) is 5.52 Å². The van der Waals surface area contributed by atoms with Gasteiger partial charge in [-0.1, -0.05) is 18.2 Å². The molecule has 6 heteroatoms. The monoisotopic (exact) mass is 254 g/mol. The molecule has 2 aromatic heterocycles. The number of aromatic amines is 1. The van der Waals surface area contributed by atoms with Gasteiger partial charge in [-0.15, -0.1) is 0 Å². The lowest BCUT2D eigenvalue weighted by Crippen LogP contribution is -2.19. The van der Waals surface area contributed by atoms with E-state index < -0.39 is 11.8 Å². The summed E-state index contributed by atoms with van der Waals surface area (Å²) in [5.41, 5.74) is 11.9. The van der Waals surface area contributed by atoms with Crippen LogP contribution in [0.4, 0.5) is 0 Å². The molecule has 0 bridgehead atoms. The van der Waals surface area contributed by atoms with Gasteiger partial charge >= 0.3 is 0 Å². The number of rotatable bonds is 2. The molecule has 2 heterocycles. The SMILES string of the molecule is NC(=O)c1cc2c([nH]c3ccccc32)c(C(N)=O)n1. The fourth-order valence-electron chi connectivity index (χ4n) is 2.15. The van der Waals surface area contributed by atoms with E-state index in [2.05, 4.69) is 9.97 Å². The van der Waals surface area contributed by atoms with Crippen molar-refractivity contribution in [1.29, 1.82) is 0 Å². The van der Waals surface area contributed by atoms with E-state index in [4.69, 9.17) is 11.5 Å². The van der Waals surface area contributed by atoms with Gasteiger partial charge in [0.25, 0.3) is 11.8 Å². The van der Waals surface area contributed by atoms with Crippen LogP contribution in [0, 0.1) is 0 Å². The molecule has 0 radical (unpaired) electrons. The Morgan fingerprint density at radius 3 is 2.47 bits per heavy atom. The third-order valence-corrected chi connectivity index (χ3v) is 2.98. The molecule has 0 atom stereocenters. The number of nitrogens with two attached hydrogens (primary N) is 2. The molecular formula is C13H10N4O2. The van der Waals surface area contributed by atoms with Gasteiger partial charge in [0, 0.05) is 16.3 Å². The molecule has 0 spiro atoms. The first-order valence-corrected chi connectivity index (χ1v) is 5.59. The lowest BCUT2D eigenvalue weighted by atomic mass is 10.1. The van der Waals surface area contributed by atoms with Crippen LogP contribution in [-0.4, -0.2) is 21.8 Å². The topological polar surface area (TPSA) is 115 Å². The fourth-order valence-corrected chi connectivity index (χ4v) is 2.15. The molecule has 0 aliphatic heterocycles. The van der Waals surface area contributed by atoms with Gasteiger partial charge in [-0.05, 0) is 12.1 Å². The van der Waals surface area contributed by atoms with Crippen molar-refractivity contribution >= 4 is 33.6 Å². The molecule has 2 amide bonds. The van der Waals surface area contributed by atoms with Crippen LogP contribution < -0.4 is 11.5 Å². The summed E-state index contributed by atoms with van der Waals surface area (Å²) in [5.74, 6) is -1.41. The third-order valence-electron chi connectivity index (χ3n) is 2.98. The Morgan fingerprint density at radius 1 is 1.05 bits per heavy atom. The predicted octanol–water partition coefficient (Wildman–Crippen LogP) is 0.914. The summed E-state index contributed by atoms with van der Waals surface area (Å²) in [6.07, 6.45) is 0. The van der Waals surface area contributed by atoms with Crippen LogP contribution in [0.3, 0.4) is 0 Å². The van der Waals surface area contributed by atoms with E-state index in [-0.39, 0.29) is 11.4 Å². The van der Waals surface area contributed by atoms with Crippen molar-refractivity contribution in [3.05, 3.63) is 41.7 Å². The molecule has 5 N–H and O–H groups in total. The van der Waals surface area contributed by atoms with Crippen molar-refractivity contribution in [2.24, 2.45) is 11.5 Å². The molecule has 0 aliphatic carbocycles. The van der Waals surface area contributed by atoms with Crippen molar-refractivity contribution in [1.82, 2.24) is 9.97 Å². The number of hydrogen-bond donors (Lipinski definition) is 3. The average molecular weight is 254 g/mol. The molecule has 0 saturated carbocycles. The first-order chi connectivity index (χ1) is 9.08. The van der Waals surface area contributed by atoms with Crippen molar-refractivity contribution < 1.29 is 9.59 Å². The van der Waals surface area contributed by atoms with Gasteiger partial charge in [-0.2, -0.15) is 0 Å². The number of carbonyl (C=O) groups is 2. The summed E-state index contributed by atoms with van der Waals surface area (Å²) in [7, 11) is 0. The van der Waals surface area contributed by atoms with Crippen LogP contribution >= 0.6 is 0 Å². The van der Waals surface area contributed by atoms with Gasteiger partial charge in [-0.25, -0.2) is 4.98 Å². The maximum Gasteiger partial charge on any atom is 0.269 e. The van der Waals surface area contributed by atoms with Crippen LogP contribution in [0.15, 0.2) is 30.3 Å². The number of nitrogens with one attached hydrogen (secondary N) is 1. The minimum Gasteiger partial charge on any atom is -0.364 e. The Kier molecular flexibility index (Phi) is 2.25. The maximum absolute atomic E-state index is 11.5. The summed E-state index contributed by atoms with van der Waals surface area (Å²) >= 11 is 0. The highest BCUT2D eigenvalue weighted by Crippen LogP contribution is 2.27. The summed E-state index contributed by atoms with van der Waals surface area (Å²) in [5, 5.41) is 1.58. The number of pyridine rings is 1. The zero-order valence-electron chi connectivity index (χ0n) is 9.81. The van der Waals surface area contributed by atoms with Crippen molar-refractivity contribution in [3.8, 4) is 0 Å². The van der Waals surface area contributed by atoms with Crippen LogP contribution in [0.5, 0.6) is 0 Å². The highest BCUT2D eigenvalue weighted by Gasteiger charge is 2.16. The maximum atomic E-state index is 11.5. The Balaban J connectivity index is 2.52. The second kappa shape index (κ2) is 3.81. The van der Waals surface area contributed by atoms with E-state index in [1.807, 2.05) is 24.3 Å². The second-order valence-corrected chi connectivity index (χ2v) is 4.18. The fraction of sp³-hybridized carbons (Fsp3) is 0. The van der Waals surface area contributed by atoms with Crippen LogP contribution in [0.2, 0.25) is 0 Å². The van der Waals surface area contributed by atoms with E-state index in [0.717, 1.165) is 10.9 Å². The predicted molar refractivity (Wildman–Crippen MR) is 70.6 cm³/mol. The molecule has 94 valence electrons. The number of carbonyl (C=O) groups excluding carboxylic acids is 2. The zero-order valence-corrected chi connectivity index (χ0v) is 9.81. The normalized spacial score (nSPS) is 10.9. The minimum absolute atomic E-state index is 0.0162. The van der Waals surface area contributed by atoms with Crippen molar-refractivity contribution in [2.75, 3.05) is 0 Å². The van der Waals surface area contributed by atoms with Crippen LogP contribution in [0.1, 0.15) is 21.0 Å². The summed E-state index contributed by atoms with van der Waals surface area (Å²) in [6.45, 7) is 0. The van der Waals surface area contributed by atoms with Gasteiger partial charge in [0.2, 0.25) is 0 Å². The molecule has 1 aromatic carbocycles. The van der Waals surface area contributed by atoms with E-state index in [0.29, 0.717) is 10.9 Å². The lowest BCUT2D eigenvalue weighted by molar-refractivity contribution is 0.0993. The Morgan fingerprint density at radius 2 is 1.79 bits per heavy atom. The number of benzene rings is 1. The number of hydrogen-bond acceptors (Lipinski definition) is 3.